The van der Waals surface area contributed by atoms with E-state index in [2.05, 4.69) is 23.8 Å². The summed E-state index contributed by atoms with van der Waals surface area (Å²) < 4.78 is 5.46. The van der Waals surface area contributed by atoms with Gasteiger partial charge in [-0.25, -0.2) is 9.78 Å². The quantitative estimate of drug-likeness (QED) is 0.732. The zero-order valence-corrected chi connectivity index (χ0v) is 14.4. The maximum absolute atomic E-state index is 12.3. The average Bonchev–Trinajstić information content (AvgIpc) is 2.61. The lowest BCUT2D eigenvalue weighted by atomic mass is 10.0. The van der Waals surface area contributed by atoms with Gasteiger partial charge in [0.2, 0.25) is 0 Å². The number of rotatable bonds is 4. The molecule has 0 saturated heterocycles. The Kier molecular flexibility index (Phi) is 4.65. The molecule has 0 aliphatic carbocycles. The Balaban J connectivity index is 1.80. The maximum Gasteiger partial charge on any atom is 0.338 e. The minimum atomic E-state index is -0.658. The molecule has 1 atom stereocenters. The van der Waals surface area contributed by atoms with Gasteiger partial charge >= 0.3 is 5.97 Å². The van der Waals surface area contributed by atoms with Crippen molar-refractivity contribution < 1.29 is 9.53 Å². The Morgan fingerprint density at radius 1 is 1.04 bits per heavy atom. The lowest BCUT2D eigenvalue weighted by Gasteiger charge is -2.13. The average molecular weight is 336 g/mol. The third kappa shape index (κ3) is 3.60. The van der Waals surface area contributed by atoms with Crippen molar-refractivity contribution in [2.45, 2.75) is 32.8 Å². The van der Waals surface area contributed by atoms with Gasteiger partial charge in [0.25, 0.3) is 5.56 Å². The van der Waals surface area contributed by atoms with E-state index >= 15 is 0 Å². The molecular weight excluding hydrogens is 316 g/mol. The van der Waals surface area contributed by atoms with Gasteiger partial charge in [0.15, 0.2) is 11.9 Å². The molecule has 0 aliphatic heterocycles. The fourth-order valence-corrected chi connectivity index (χ4v) is 2.59. The molecule has 1 heterocycles. The lowest BCUT2D eigenvalue weighted by Crippen LogP contribution is -2.17. The molecule has 5 heteroatoms. The molecule has 25 heavy (non-hydrogen) atoms. The second kappa shape index (κ2) is 6.89. The molecule has 0 unspecified atom stereocenters. The van der Waals surface area contributed by atoms with E-state index in [0.717, 1.165) is 5.56 Å². The van der Waals surface area contributed by atoms with Gasteiger partial charge in [-0.1, -0.05) is 38.1 Å². The van der Waals surface area contributed by atoms with Gasteiger partial charge in [-0.15, -0.1) is 0 Å². The summed E-state index contributed by atoms with van der Waals surface area (Å²) in [6.45, 7) is 5.88. The number of fused-ring (bicyclic) bond motifs is 1. The summed E-state index contributed by atoms with van der Waals surface area (Å²) in [4.78, 5) is 31.5. The van der Waals surface area contributed by atoms with Crippen molar-refractivity contribution in [2.75, 3.05) is 0 Å². The van der Waals surface area contributed by atoms with Crippen LogP contribution in [0.2, 0.25) is 0 Å². The normalized spacial score (nSPS) is 12.3. The number of carbonyl (C=O) groups excluding carboxylic acids is 1. The van der Waals surface area contributed by atoms with Gasteiger partial charge < -0.3 is 9.72 Å². The highest BCUT2D eigenvalue weighted by atomic mass is 16.5. The Morgan fingerprint density at radius 2 is 1.72 bits per heavy atom. The summed E-state index contributed by atoms with van der Waals surface area (Å²) in [5, 5.41) is 0.508. The summed E-state index contributed by atoms with van der Waals surface area (Å²) in [7, 11) is 0. The van der Waals surface area contributed by atoms with Crippen LogP contribution in [-0.4, -0.2) is 15.9 Å². The van der Waals surface area contributed by atoms with E-state index in [0.29, 0.717) is 28.2 Å². The number of nitrogens with one attached hydrogen (secondary N) is 1. The zero-order valence-electron chi connectivity index (χ0n) is 14.4. The van der Waals surface area contributed by atoms with E-state index in [1.807, 2.05) is 18.2 Å². The van der Waals surface area contributed by atoms with Gasteiger partial charge in [0.1, 0.15) is 0 Å². The monoisotopic (exact) mass is 336 g/mol. The third-order valence-corrected chi connectivity index (χ3v) is 4.11. The number of hydrogen-bond donors (Lipinski definition) is 1. The highest BCUT2D eigenvalue weighted by Crippen LogP contribution is 2.19. The first-order valence-electron chi connectivity index (χ1n) is 8.25. The molecule has 1 N–H and O–H groups in total. The summed E-state index contributed by atoms with van der Waals surface area (Å²) in [5.74, 6) is 0.283. The van der Waals surface area contributed by atoms with Gasteiger partial charge in [0, 0.05) is 0 Å². The van der Waals surface area contributed by atoms with Crippen molar-refractivity contribution in [1.82, 2.24) is 9.97 Å². The number of nitrogens with zero attached hydrogens (tertiary/aromatic N) is 1. The number of esters is 1. The van der Waals surface area contributed by atoms with E-state index in [-0.39, 0.29) is 5.56 Å². The number of carbonyl (C=O) groups is 1. The fourth-order valence-electron chi connectivity index (χ4n) is 2.59. The topological polar surface area (TPSA) is 72.0 Å². The highest BCUT2D eigenvalue weighted by molar-refractivity contribution is 5.89. The molecule has 0 fully saturated rings. The van der Waals surface area contributed by atoms with E-state index in [1.165, 1.54) is 0 Å². The number of para-hydroxylation sites is 1. The molecule has 5 nitrogen and oxygen atoms in total. The smallest absolute Gasteiger partial charge is 0.338 e. The van der Waals surface area contributed by atoms with Gasteiger partial charge in [-0.3, -0.25) is 4.79 Å². The molecule has 0 saturated carbocycles. The first-order valence-corrected chi connectivity index (χ1v) is 8.25. The minimum absolute atomic E-state index is 0.246. The number of aromatic amines is 1. The first kappa shape index (κ1) is 16.9. The highest BCUT2D eigenvalue weighted by Gasteiger charge is 2.17. The molecule has 0 amide bonds. The Bertz CT molecular complexity index is 959. The van der Waals surface area contributed by atoms with E-state index in [1.54, 1.807) is 37.3 Å². The molecule has 0 spiro atoms. The van der Waals surface area contributed by atoms with Crippen LogP contribution in [0.3, 0.4) is 0 Å². The van der Waals surface area contributed by atoms with Crippen molar-refractivity contribution in [3.05, 3.63) is 75.8 Å². The van der Waals surface area contributed by atoms with Crippen LogP contribution in [0.5, 0.6) is 0 Å². The van der Waals surface area contributed by atoms with Crippen LogP contribution in [0.4, 0.5) is 0 Å². The van der Waals surface area contributed by atoms with Crippen molar-refractivity contribution in [2.24, 2.45) is 0 Å². The first-order chi connectivity index (χ1) is 12.0. The second-order valence-corrected chi connectivity index (χ2v) is 6.29. The van der Waals surface area contributed by atoms with Gasteiger partial charge in [0.05, 0.1) is 16.5 Å². The predicted molar refractivity (Wildman–Crippen MR) is 96.7 cm³/mol. The molecule has 0 bridgehead atoms. The molecule has 0 radical (unpaired) electrons. The molecule has 3 rings (SSSR count). The van der Waals surface area contributed by atoms with Crippen LogP contribution in [0.15, 0.2) is 53.3 Å². The summed E-state index contributed by atoms with van der Waals surface area (Å²) >= 11 is 0. The largest absolute Gasteiger partial charge is 0.451 e. The number of hydrogen-bond acceptors (Lipinski definition) is 4. The lowest BCUT2D eigenvalue weighted by molar-refractivity contribution is 0.0320. The van der Waals surface area contributed by atoms with Crippen LogP contribution in [-0.2, 0) is 4.74 Å². The zero-order chi connectivity index (χ0) is 18.0. The van der Waals surface area contributed by atoms with E-state index in [9.17, 15) is 9.59 Å². The molecule has 128 valence electrons. The molecule has 0 aliphatic rings. The van der Waals surface area contributed by atoms with Crippen molar-refractivity contribution in [1.29, 1.82) is 0 Å². The SMILES string of the molecule is CC(C)c1ccc(C(=O)O[C@H](C)c2nc3ccccc3c(=O)[nH]2)cc1. The molecule has 3 aromatic rings. The summed E-state index contributed by atoms with van der Waals surface area (Å²) in [6, 6.07) is 14.4. The number of aromatic nitrogens is 2. The maximum atomic E-state index is 12.3. The van der Waals surface area contributed by atoms with E-state index in [4.69, 9.17) is 4.74 Å². The Labute approximate surface area is 145 Å². The van der Waals surface area contributed by atoms with Crippen LogP contribution in [0.25, 0.3) is 10.9 Å². The third-order valence-electron chi connectivity index (χ3n) is 4.11. The van der Waals surface area contributed by atoms with Crippen LogP contribution in [0.1, 0.15) is 54.5 Å². The van der Waals surface area contributed by atoms with Crippen molar-refractivity contribution >= 4 is 16.9 Å². The number of H-pyrrole nitrogens is 1. The molecule has 2 aromatic carbocycles. The van der Waals surface area contributed by atoms with Gasteiger partial charge in [-0.2, -0.15) is 0 Å². The van der Waals surface area contributed by atoms with Crippen LogP contribution >= 0.6 is 0 Å². The molecular formula is C20H20N2O3. The van der Waals surface area contributed by atoms with Crippen molar-refractivity contribution in [3.63, 3.8) is 0 Å². The summed E-state index contributed by atoms with van der Waals surface area (Å²) in [6.07, 6.45) is -0.658. The Hall–Kier alpha value is -2.95. The van der Waals surface area contributed by atoms with Gasteiger partial charge in [-0.05, 0) is 42.7 Å². The standard InChI is InChI=1S/C20H20N2O3/c1-12(2)14-8-10-15(11-9-14)20(24)25-13(3)18-21-17-7-5-4-6-16(17)19(23)22-18/h4-13H,1-3H3,(H,21,22,23)/t13-/m1/s1. The summed E-state index contributed by atoms with van der Waals surface area (Å²) in [5.41, 5.74) is 1.96. The number of ether oxygens (including phenoxy) is 1. The fraction of sp³-hybridized carbons (Fsp3) is 0.250. The molecule has 1 aromatic heterocycles. The second-order valence-electron chi connectivity index (χ2n) is 6.29. The minimum Gasteiger partial charge on any atom is -0.451 e. The van der Waals surface area contributed by atoms with Crippen LogP contribution in [0, 0.1) is 0 Å². The Morgan fingerprint density at radius 3 is 2.40 bits per heavy atom. The predicted octanol–water partition coefficient (Wildman–Crippen LogP) is 3.96. The van der Waals surface area contributed by atoms with E-state index < -0.39 is 12.1 Å². The number of benzene rings is 2. The van der Waals surface area contributed by atoms with Crippen molar-refractivity contribution in [3.8, 4) is 0 Å². The van der Waals surface area contributed by atoms with Crippen LogP contribution < -0.4 is 5.56 Å².